The first kappa shape index (κ1) is 29.1. The second-order valence-corrected chi connectivity index (χ2v) is 12.2. The van der Waals surface area contributed by atoms with Crippen LogP contribution in [0.25, 0.3) is 17.1 Å². The van der Waals surface area contributed by atoms with Crippen molar-refractivity contribution >= 4 is 23.2 Å². The number of amides is 1. The molecule has 0 bridgehead atoms. The number of phenolic OH excluding ortho intramolecular Hbond substituents is 1. The highest BCUT2D eigenvalue weighted by Crippen LogP contribution is 2.53. The van der Waals surface area contributed by atoms with Crippen molar-refractivity contribution in [2.24, 2.45) is 17.6 Å². The van der Waals surface area contributed by atoms with Crippen LogP contribution in [0.2, 0.25) is 0 Å². The molecule has 2 fully saturated rings. The molecule has 4 atom stereocenters. The van der Waals surface area contributed by atoms with E-state index in [4.69, 9.17) is 10.2 Å². The Kier molecular flexibility index (Phi) is 6.98. The van der Waals surface area contributed by atoms with Gasteiger partial charge in [-0.2, -0.15) is 0 Å². The summed E-state index contributed by atoms with van der Waals surface area (Å²) in [5.41, 5.74) is 3.56. The van der Waals surface area contributed by atoms with Gasteiger partial charge in [0.2, 0.25) is 5.78 Å². The molecule has 1 aromatic heterocycles. The maximum Gasteiger partial charge on any atom is 0.255 e. The minimum absolute atomic E-state index is 0.00520. The van der Waals surface area contributed by atoms with Crippen LogP contribution in [0.3, 0.4) is 0 Å². The number of halogens is 1. The molecule has 1 saturated carbocycles. The molecule has 2 aromatic rings. The van der Waals surface area contributed by atoms with E-state index in [1.807, 2.05) is 6.07 Å². The van der Waals surface area contributed by atoms with Gasteiger partial charge in [0.25, 0.3) is 5.91 Å². The monoisotopic (exact) mass is 595 g/mol. The SMILES string of the molecule is CN(C)[C@@H]1C(=O)C(C(N)=O)=C(O)[C@@]2(O)C(=O)C3=C(O)c4c(O)ccc(-c5occc5CN5CCC(F)CC5)c4C[C@H]3C[C@@H]12. The Balaban J connectivity index is 1.46. The number of likely N-dealkylation sites (N-methyl/N-ethyl adjacent to an activating group) is 1. The van der Waals surface area contributed by atoms with E-state index in [1.54, 1.807) is 26.4 Å². The van der Waals surface area contributed by atoms with Gasteiger partial charge in [0.15, 0.2) is 11.4 Å². The van der Waals surface area contributed by atoms with Crippen molar-refractivity contribution in [3.8, 4) is 17.1 Å². The standard InChI is InChI=1S/C31H34FN3O8/c1-34(2)24-19-12-15-11-18-17(27-14(7-10-43-27)13-35-8-5-16(32)6-9-35)3-4-20(36)22(18)25(37)21(15)28(39)31(19,42)29(40)23(26(24)38)30(33)41/h3-4,7,10,15-16,19,24,36-37,40,42H,5-6,8-9,11-13H2,1-2H3,(H2,33,41)/t15-,19-,24-,31-/m0/s1. The third-order valence-electron chi connectivity index (χ3n) is 9.51. The first-order chi connectivity index (χ1) is 20.4. The number of nitrogens with two attached hydrogens (primary N) is 1. The summed E-state index contributed by atoms with van der Waals surface area (Å²) in [5.74, 6) is -6.49. The smallest absolute Gasteiger partial charge is 0.255 e. The number of hydrogen-bond acceptors (Lipinski definition) is 10. The molecule has 1 aliphatic heterocycles. The minimum atomic E-state index is -2.70. The number of primary amides is 1. The Labute approximate surface area is 246 Å². The molecule has 11 nitrogen and oxygen atoms in total. The Morgan fingerprint density at radius 1 is 1.16 bits per heavy atom. The third kappa shape index (κ3) is 4.30. The Morgan fingerprint density at radius 3 is 2.51 bits per heavy atom. The minimum Gasteiger partial charge on any atom is -0.508 e. The molecular formula is C31H34FN3O8. The molecular weight excluding hydrogens is 561 g/mol. The lowest BCUT2D eigenvalue weighted by Crippen LogP contribution is -2.65. The van der Waals surface area contributed by atoms with E-state index in [-0.39, 0.29) is 29.7 Å². The number of piperidine rings is 1. The predicted molar refractivity (Wildman–Crippen MR) is 151 cm³/mol. The number of benzene rings is 1. The van der Waals surface area contributed by atoms with Crippen LogP contribution in [0.15, 0.2) is 45.8 Å². The topological polar surface area (TPSA) is 178 Å². The second kappa shape index (κ2) is 10.3. The van der Waals surface area contributed by atoms with Gasteiger partial charge in [0.05, 0.1) is 17.9 Å². The van der Waals surface area contributed by atoms with Gasteiger partial charge in [-0.3, -0.25) is 24.2 Å². The van der Waals surface area contributed by atoms with Crippen molar-refractivity contribution < 1.29 is 43.6 Å². The van der Waals surface area contributed by atoms with Gasteiger partial charge in [0.1, 0.15) is 34.8 Å². The summed E-state index contributed by atoms with van der Waals surface area (Å²) in [7, 11) is 3.11. The Morgan fingerprint density at radius 2 is 1.86 bits per heavy atom. The van der Waals surface area contributed by atoms with Gasteiger partial charge in [-0.05, 0) is 69.5 Å². The van der Waals surface area contributed by atoms with E-state index < -0.39 is 64.2 Å². The zero-order chi connectivity index (χ0) is 31.0. The average molecular weight is 596 g/mol. The van der Waals surface area contributed by atoms with Crippen LogP contribution in [0.4, 0.5) is 4.39 Å². The number of aliphatic hydroxyl groups excluding tert-OH is 2. The van der Waals surface area contributed by atoms with Crippen LogP contribution in [0.1, 0.15) is 36.0 Å². The quantitative estimate of drug-likeness (QED) is 0.322. The molecule has 43 heavy (non-hydrogen) atoms. The molecule has 0 spiro atoms. The van der Waals surface area contributed by atoms with Crippen molar-refractivity contribution in [3.05, 3.63) is 58.1 Å². The molecule has 12 heteroatoms. The van der Waals surface area contributed by atoms with Gasteiger partial charge in [-0.15, -0.1) is 0 Å². The molecule has 2 heterocycles. The number of hydrogen-bond donors (Lipinski definition) is 5. The fourth-order valence-corrected chi connectivity index (χ4v) is 7.45. The van der Waals surface area contributed by atoms with Crippen LogP contribution in [0, 0.1) is 11.8 Å². The van der Waals surface area contributed by atoms with Crippen LogP contribution in [-0.4, -0.2) is 92.7 Å². The van der Waals surface area contributed by atoms with Gasteiger partial charge in [-0.1, -0.05) is 0 Å². The van der Waals surface area contributed by atoms with Crippen LogP contribution in [0.5, 0.6) is 5.75 Å². The first-order valence-corrected chi connectivity index (χ1v) is 14.3. The van der Waals surface area contributed by atoms with Crippen LogP contribution >= 0.6 is 0 Å². The number of ketones is 2. The van der Waals surface area contributed by atoms with Gasteiger partial charge >= 0.3 is 0 Å². The normalized spacial score (nSPS) is 28.3. The van der Waals surface area contributed by atoms with Crippen molar-refractivity contribution in [2.75, 3.05) is 27.2 Å². The number of furan rings is 1. The summed E-state index contributed by atoms with van der Waals surface area (Å²) in [6.07, 6.45) is 1.77. The zero-order valence-electron chi connectivity index (χ0n) is 23.8. The number of aliphatic hydroxyl groups is 3. The molecule has 0 radical (unpaired) electrons. The molecule has 3 aliphatic carbocycles. The maximum absolute atomic E-state index is 14.0. The highest BCUT2D eigenvalue weighted by Gasteiger charge is 2.64. The number of carbonyl (C=O) groups excluding carboxylic acids is 3. The summed E-state index contributed by atoms with van der Waals surface area (Å²) in [6.45, 7) is 1.72. The Bertz CT molecular complexity index is 1600. The van der Waals surface area contributed by atoms with Crippen molar-refractivity contribution in [1.82, 2.24) is 9.80 Å². The predicted octanol–water partition coefficient (Wildman–Crippen LogP) is 2.16. The van der Waals surface area contributed by atoms with Crippen LogP contribution < -0.4 is 5.73 Å². The number of carbonyl (C=O) groups is 3. The van der Waals surface area contributed by atoms with E-state index in [0.717, 1.165) is 5.56 Å². The fourth-order valence-electron chi connectivity index (χ4n) is 7.45. The number of rotatable bonds is 5. The third-order valence-corrected chi connectivity index (χ3v) is 9.51. The highest BCUT2D eigenvalue weighted by molar-refractivity contribution is 6.24. The number of likely N-dealkylation sites (tertiary alicyclic amines) is 1. The molecule has 1 amide bonds. The van der Waals surface area contributed by atoms with E-state index >= 15 is 0 Å². The largest absolute Gasteiger partial charge is 0.508 e. The molecule has 228 valence electrons. The summed E-state index contributed by atoms with van der Waals surface area (Å²) in [5, 5.41) is 45.2. The zero-order valence-corrected chi connectivity index (χ0v) is 23.8. The van der Waals surface area contributed by atoms with Crippen LogP contribution in [-0.2, 0) is 27.3 Å². The molecule has 1 aromatic carbocycles. The number of aromatic hydroxyl groups is 1. The van der Waals surface area contributed by atoms with Gasteiger partial charge < -0.3 is 30.6 Å². The van der Waals surface area contributed by atoms with Crippen molar-refractivity contribution in [1.29, 1.82) is 0 Å². The lowest BCUT2D eigenvalue weighted by atomic mass is 9.57. The van der Waals surface area contributed by atoms with E-state index in [2.05, 4.69) is 4.90 Å². The molecule has 1 saturated heterocycles. The number of Topliss-reactive ketones (excluding diaryl/α,β-unsaturated/α-hetero) is 2. The number of phenols is 1. The average Bonchev–Trinajstić information content (AvgIpc) is 3.39. The van der Waals surface area contributed by atoms with Crippen molar-refractivity contribution in [3.63, 3.8) is 0 Å². The summed E-state index contributed by atoms with van der Waals surface area (Å²) in [6, 6.07) is 3.71. The summed E-state index contributed by atoms with van der Waals surface area (Å²) >= 11 is 0. The van der Waals surface area contributed by atoms with Crippen molar-refractivity contribution in [2.45, 2.75) is 50.0 Å². The maximum atomic E-state index is 14.0. The number of fused-ring (bicyclic) bond motifs is 3. The van der Waals surface area contributed by atoms with E-state index in [9.17, 15) is 39.2 Å². The van der Waals surface area contributed by atoms with E-state index in [1.165, 1.54) is 11.0 Å². The number of alkyl halides is 1. The molecule has 6 rings (SSSR count). The Hall–Kier alpha value is -4.00. The molecule has 6 N–H and O–H groups in total. The number of nitrogens with zero attached hydrogens (tertiary/aromatic N) is 2. The summed E-state index contributed by atoms with van der Waals surface area (Å²) < 4.78 is 19.6. The lowest BCUT2D eigenvalue weighted by molar-refractivity contribution is -0.153. The second-order valence-electron chi connectivity index (χ2n) is 12.2. The highest BCUT2D eigenvalue weighted by atomic mass is 19.1. The van der Waals surface area contributed by atoms with Gasteiger partial charge in [-0.25, -0.2) is 4.39 Å². The van der Waals surface area contributed by atoms with Gasteiger partial charge in [0, 0.05) is 42.3 Å². The lowest BCUT2D eigenvalue weighted by Gasteiger charge is -2.50. The summed E-state index contributed by atoms with van der Waals surface area (Å²) in [4.78, 5) is 43.1. The van der Waals surface area contributed by atoms with E-state index in [0.29, 0.717) is 49.4 Å². The first-order valence-electron chi connectivity index (χ1n) is 14.3. The fraction of sp³-hybridized carbons (Fsp3) is 0.452. The molecule has 0 unspecified atom stereocenters. The molecule has 4 aliphatic rings.